The van der Waals surface area contributed by atoms with Gasteiger partial charge in [0.2, 0.25) is 0 Å². The lowest BCUT2D eigenvalue weighted by Crippen LogP contribution is -1.96. The van der Waals surface area contributed by atoms with Gasteiger partial charge in [-0.25, -0.2) is 0 Å². The van der Waals surface area contributed by atoms with Crippen molar-refractivity contribution in [3.8, 4) is 12.1 Å². The minimum Gasteiger partial charge on any atom is -0.294 e. The zero-order valence-corrected chi connectivity index (χ0v) is 6.51. The van der Waals surface area contributed by atoms with Gasteiger partial charge in [-0.2, -0.15) is 10.5 Å². The van der Waals surface area contributed by atoms with Crippen molar-refractivity contribution in [2.45, 2.75) is 20.3 Å². The first-order valence-electron chi connectivity index (χ1n) is 3.11. The summed E-state index contributed by atoms with van der Waals surface area (Å²) in [5.74, 6) is -0.278. The number of nitrogens with zero attached hydrogens (tertiary/aromatic N) is 2. The third-order valence-electron chi connectivity index (χ3n) is 1.23. The summed E-state index contributed by atoms with van der Waals surface area (Å²) >= 11 is 0. The molecule has 0 aliphatic rings. The van der Waals surface area contributed by atoms with E-state index in [0.29, 0.717) is 5.57 Å². The summed E-state index contributed by atoms with van der Waals surface area (Å²) in [6.07, 6.45) is 0.141. The molecule has 0 aliphatic heterocycles. The number of hydrogen-bond donors (Lipinski definition) is 0. The molecular formula is C8H8N2O. The molecule has 0 N–H and O–H groups in total. The highest BCUT2D eigenvalue weighted by Gasteiger charge is 2.05. The van der Waals surface area contributed by atoms with Crippen LogP contribution in [0.5, 0.6) is 0 Å². The predicted molar refractivity (Wildman–Crippen MR) is 39.2 cm³/mol. The van der Waals surface area contributed by atoms with Crippen molar-refractivity contribution in [1.82, 2.24) is 0 Å². The average molecular weight is 148 g/mol. The van der Waals surface area contributed by atoms with Crippen molar-refractivity contribution in [3.05, 3.63) is 11.1 Å². The molecule has 0 unspecified atom stereocenters. The number of hydrogen-bond acceptors (Lipinski definition) is 3. The summed E-state index contributed by atoms with van der Waals surface area (Å²) in [7, 11) is 0. The Labute approximate surface area is 65.6 Å². The molecule has 0 atom stereocenters. The summed E-state index contributed by atoms with van der Waals surface area (Å²) in [6, 6.07) is 3.64. The van der Waals surface area contributed by atoms with Crippen molar-refractivity contribution in [1.29, 1.82) is 10.5 Å². The highest BCUT2D eigenvalue weighted by molar-refractivity contribution is 5.97. The van der Waals surface area contributed by atoms with Gasteiger partial charge in [0.05, 0.1) is 18.1 Å². The van der Waals surface area contributed by atoms with Crippen LogP contribution in [0.2, 0.25) is 0 Å². The second-order valence-corrected chi connectivity index (χ2v) is 2.16. The third-order valence-corrected chi connectivity index (χ3v) is 1.23. The Bertz CT molecular complexity index is 275. The van der Waals surface area contributed by atoms with Crippen molar-refractivity contribution < 1.29 is 4.79 Å². The lowest BCUT2D eigenvalue weighted by Gasteiger charge is -1.94. The predicted octanol–water partition coefficient (Wildman–Crippen LogP) is 1.33. The summed E-state index contributed by atoms with van der Waals surface area (Å²) in [6.45, 7) is 2.93. The van der Waals surface area contributed by atoms with Crippen LogP contribution in [0.25, 0.3) is 0 Å². The smallest absolute Gasteiger partial charge is 0.170 e. The Hall–Kier alpha value is -1.61. The van der Waals surface area contributed by atoms with E-state index in [1.165, 1.54) is 6.92 Å². The molecule has 0 radical (unpaired) electrons. The van der Waals surface area contributed by atoms with Crippen molar-refractivity contribution in [2.75, 3.05) is 0 Å². The number of carbonyl (C=O) groups excluding carboxylic acids is 1. The third kappa shape index (κ3) is 2.64. The first kappa shape index (κ1) is 9.39. The van der Waals surface area contributed by atoms with Gasteiger partial charge < -0.3 is 0 Å². The quantitative estimate of drug-likeness (QED) is 0.438. The number of carbonyl (C=O) groups is 1. The van der Waals surface area contributed by atoms with Crippen molar-refractivity contribution in [3.63, 3.8) is 0 Å². The van der Waals surface area contributed by atoms with E-state index in [0.717, 1.165) is 0 Å². The van der Waals surface area contributed by atoms with Crippen LogP contribution in [0.4, 0.5) is 0 Å². The van der Waals surface area contributed by atoms with Gasteiger partial charge in [0, 0.05) is 0 Å². The molecule has 0 aliphatic carbocycles. The van der Waals surface area contributed by atoms with Gasteiger partial charge in [0.25, 0.3) is 0 Å². The lowest BCUT2D eigenvalue weighted by atomic mass is 10.1. The van der Waals surface area contributed by atoms with Crippen LogP contribution in [0, 0.1) is 22.7 Å². The molecule has 3 nitrogen and oxygen atoms in total. The summed E-state index contributed by atoms with van der Waals surface area (Å²) < 4.78 is 0. The molecule has 0 aromatic heterocycles. The minimum absolute atomic E-state index is 0.103. The zero-order chi connectivity index (χ0) is 8.85. The molecular weight excluding hydrogens is 140 g/mol. The molecule has 11 heavy (non-hydrogen) atoms. The van der Waals surface area contributed by atoms with Gasteiger partial charge in [0.1, 0.15) is 6.07 Å². The second-order valence-electron chi connectivity index (χ2n) is 2.16. The topological polar surface area (TPSA) is 64.7 Å². The molecule has 0 spiro atoms. The van der Waals surface area contributed by atoms with Crippen LogP contribution in [-0.2, 0) is 4.79 Å². The highest BCUT2D eigenvalue weighted by Crippen LogP contribution is 2.07. The lowest BCUT2D eigenvalue weighted by molar-refractivity contribution is -0.113. The van der Waals surface area contributed by atoms with E-state index in [2.05, 4.69) is 0 Å². The molecule has 0 saturated carbocycles. The van der Waals surface area contributed by atoms with E-state index in [1.807, 2.05) is 6.07 Å². The van der Waals surface area contributed by atoms with E-state index in [-0.39, 0.29) is 17.8 Å². The maximum Gasteiger partial charge on any atom is 0.170 e. The van der Waals surface area contributed by atoms with Crippen LogP contribution in [0.15, 0.2) is 11.1 Å². The molecule has 56 valence electrons. The summed E-state index contributed by atoms with van der Waals surface area (Å²) in [5.41, 5.74) is 0.647. The molecule has 0 fully saturated rings. The number of allylic oxidation sites excluding steroid dienone is 2. The number of Topliss-reactive ketones (excluding diaryl/α,β-unsaturated/α-hetero) is 1. The molecule has 0 aromatic carbocycles. The maximum atomic E-state index is 10.7. The highest BCUT2D eigenvalue weighted by atomic mass is 16.1. The molecule has 0 heterocycles. The fourth-order valence-electron chi connectivity index (χ4n) is 0.682. The number of rotatable bonds is 2. The molecule has 0 rings (SSSR count). The largest absolute Gasteiger partial charge is 0.294 e. The van der Waals surface area contributed by atoms with E-state index < -0.39 is 0 Å². The number of nitriles is 2. The first-order chi connectivity index (χ1) is 5.13. The molecule has 0 amide bonds. The zero-order valence-electron chi connectivity index (χ0n) is 6.51. The number of ketones is 1. The Morgan fingerprint density at radius 2 is 1.91 bits per heavy atom. The maximum absolute atomic E-state index is 10.7. The van der Waals surface area contributed by atoms with Gasteiger partial charge in [-0.3, -0.25) is 4.79 Å². The molecule has 0 aromatic rings. The van der Waals surface area contributed by atoms with Gasteiger partial charge in [-0.15, -0.1) is 0 Å². The minimum atomic E-state index is -0.278. The van der Waals surface area contributed by atoms with E-state index >= 15 is 0 Å². The summed E-state index contributed by atoms with van der Waals surface area (Å²) in [5, 5.41) is 16.7. The van der Waals surface area contributed by atoms with Gasteiger partial charge >= 0.3 is 0 Å². The SMILES string of the molecule is CC(=O)/C(C#N)=C(/C)CC#N. The van der Waals surface area contributed by atoms with Crippen molar-refractivity contribution >= 4 is 5.78 Å². The fraction of sp³-hybridized carbons (Fsp3) is 0.375. The summed E-state index contributed by atoms with van der Waals surface area (Å²) in [4.78, 5) is 10.7. The van der Waals surface area contributed by atoms with Crippen LogP contribution >= 0.6 is 0 Å². The standard InChI is InChI=1S/C8H8N2O/c1-6(3-4-9)8(5-10)7(2)11/h3H2,1-2H3/b8-6-. The first-order valence-corrected chi connectivity index (χ1v) is 3.11. The monoisotopic (exact) mass is 148 g/mol. The Balaban J connectivity index is 4.76. The van der Waals surface area contributed by atoms with Gasteiger partial charge in [-0.1, -0.05) is 0 Å². The Morgan fingerprint density at radius 3 is 2.18 bits per heavy atom. The average Bonchev–Trinajstić information content (AvgIpc) is 1.88. The molecule has 0 bridgehead atoms. The van der Waals surface area contributed by atoms with Crippen LogP contribution in [0.3, 0.4) is 0 Å². The normalized spacial score (nSPS) is 10.9. The fourth-order valence-corrected chi connectivity index (χ4v) is 0.682. The van der Waals surface area contributed by atoms with Gasteiger partial charge in [-0.05, 0) is 19.4 Å². The second kappa shape index (κ2) is 4.24. The van der Waals surface area contributed by atoms with E-state index in [4.69, 9.17) is 10.5 Å². The molecule has 0 saturated heterocycles. The van der Waals surface area contributed by atoms with Crippen LogP contribution < -0.4 is 0 Å². The van der Waals surface area contributed by atoms with Crippen LogP contribution in [0.1, 0.15) is 20.3 Å². The van der Waals surface area contributed by atoms with E-state index in [1.54, 1.807) is 13.0 Å². The van der Waals surface area contributed by atoms with Gasteiger partial charge in [0.15, 0.2) is 5.78 Å². The Kier molecular flexibility index (Phi) is 3.62. The Morgan fingerprint density at radius 1 is 1.36 bits per heavy atom. The van der Waals surface area contributed by atoms with Crippen molar-refractivity contribution in [2.24, 2.45) is 0 Å². The molecule has 3 heteroatoms. The van der Waals surface area contributed by atoms with Crippen LogP contribution in [-0.4, -0.2) is 5.78 Å². The van der Waals surface area contributed by atoms with E-state index in [9.17, 15) is 4.79 Å².